The normalized spacial score (nSPS) is 17.5. The molecule has 9 heteroatoms. The summed E-state index contributed by atoms with van der Waals surface area (Å²) in [6.45, 7) is 2.34. The zero-order valence-corrected chi connectivity index (χ0v) is 19.8. The molecule has 7 nitrogen and oxygen atoms in total. The Labute approximate surface area is 192 Å². The summed E-state index contributed by atoms with van der Waals surface area (Å²) in [5.41, 5.74) is 3.73. The summed E-state index contributed by atoms with van der Waals surface area (Å²) < 4.78 is 32.2. The van der Waals surface area contributed by atoms with Gasteiger partial charge in [0.15, 0.2) is 6.61 Å². The zero-order chi connectivity index (χ0) is 22.7. The first-order valence-electron chi connectivity index (χ1n) is 11.0. The third kappa shape index (κ3) is 4.89. The number of benzene rings is 1. The Balaban J connectivity index is 1.35. The number of rotatable bonds is 7. The Bertz CT molecular complexity index is 1100. The van der Waals surface area contributed by atoms with Gasteiger partial charge < -0.3 is 10.1 Å². The number of nitrogens with zero attached hydrogens (tertiary/aromatic N) is 1. The molecule has 0 radical (unpaired) electrons. The molecule has 2 heterocycles. The second-order valence-corrected chi connectivity index (χ2v) is 11.1. The van der Waals surface area contributed by atoms with Gasteiger partial charge in [0.2, 0.25) is 10.0 Å². The molecule has 1 aliphatic carbocycles. The van der Waals surface area contributed by atoms with Gasteiger partial charge in [-0.25, -0.2) is 13.2 Å². The van der Waals surface area contributed by atoms with Gasteiger partial charge in [-0.3, -0.25) is 4.79 Å². The van der Waals surface area contributed by atoms with Crippen LogP contribution >= 0.6 is 11.3 Å². The molecule has 2 aliphatic rings. The van der Waals surface area contributed by atoms with Crippen LogP contribution in [0.3, 0.4) is 0 Å². The predicted octanol–water partition coefficient (Wildman–Crippen LogP) is 3.45. The van der Waals surface area contributed by atoms with E-state index < -0.39 is 28.5 Å². The minimum absolute atomic E-state index is 0.00688. The van der Waals surface area contributed by atoms with Crippen LogP contribution in [0, 0.1) is 0 Å². The van der Waals surface area contributed by atoms with Crippen molar-refractivity contribution in [1.29, 1.82) is 0 Å². The number of amides is 1. The van der Waals surface area contributed by atoms with Crippen molar-refractivity contribution >= 4 is 33.2 Å². The van der Waals surface area contributed by atoms with E-state index in [9.17, 15) is 18.0 Å². The lowest BCUT2D eigenvalue weighted by Crippen LogP contribution is -2.32. The van der Waals surface area contributed by atoms with Crippen LogP contribution in [-0.4, -0.2) is 44.3 Å². The summed E-state index contributed by atoms with van der Waals surface area (Å²) in [6, 6.07) is 7.51. The van der Waals surface area contributed by atoms with E-state index in [2.05, 4.69) is 17.4 Å². The third-order valence-corrected chi connectivity index (χ3v) is 9.05. The van der Waals surface area contributed by atoms with Crippen LogP contribution in [0.1, 0.15) is 65.0 Å². The van der Waals surface area contributed by atoms with Gasteiger partial charge in [-0.1, -0.05) is 18.2 Å². The first-order valence-corrected chi connectivity index (χ1v) is 13.3. The summed E-state index contributed by atoms with van der Waals surface area (Å²) >= 11 is 1.01. The number of sulfonamides is 1. The van der Waals surface area contributed by atoms with Crippen LogP contribution in [0.4, 0.5) is 0 Å². The Hall–Kier alpha value is -2.23. The molecule has 2 aromatic rings. The topological polar surface area (TPSA) is 92.8 Å². The van der Waals surface area contributed by atoms with Crippen molar-refractivity contribution in [3.05, 3.63) is 51.2 Å². The van der Waals surface area contributed by atoms with Crippen LogP contribution in [0.5, 0.6) is 0 Å². The SMILES string of the molecule is CC(NC(=O)COC(=O)c1sccc1S(=O)(=O)N1CCCC1)c1ccc2c(c1)CCCC2. The van der Waals surface area contributed by atoms with E-state index in [1.54, 1.807) is 5.38 Å². The number of fused-ring (bicyclic) bond motifs is 1. The first-order chi connectivity index (χ1) is 15.4. The van der Waals surface area contributed by atoms with Crippen molar-refractivity contribution in [3.8, 4) is 0 Å². The molecular formula is C23H28N2O5S2. The summed E-state index contributed by atoms with van der Waals surface area (Å²) in [5.74, 6) is -1.22. The van der Waals surface area contributed by atoms with Gasteiger partial charge in [-0.2, -0.15) is 4.31 Å². The highest BCUT2D eigenvalue weighted by molar-refractivity contribution is 7.89. The van der Waals surface area contributed by atoms with Crippen molar-refractivity contribution in [1.82, 2.24) is 9.62 Å². The Kier molecular flexibility index (Phi) is 6.97. The molecule has 1 N–H and O–H groups in total. The van der Waals surface area contributed by atoms with Crippen LogP contribution in [0.25, 0.3) is 0 Å². The molecule has 1 amide bonds. The number of ether oxygens (including phenoxy) is 1. The first kappa shape index (κ1) is 22.9. The molecule has 4 rings (SSSR count). The number of hydrogen-bond acceptors (Lipinski definition) is 6. The quantitative estimate of drug-likeness (QED) is 0.618. The van der Waals surface area contributed by atoms with Gasteiger partial charge in [0.05, 0.1) is 6.04 Å². The standard InChI is InChI=1S/C23H28N2O5S2/c1-16(18-9-8-17-6-2-3-7-19(17)14-18)24-21(26)15-30-23(27)22-20(10-13-31-22)32(28,29)25-11-4-5-12-25/h8-10,13-14,16H,2-7,11-12,15H2,1H3,(H,24,26). The van der Waals surface area contributed by atoms with Gasteiger partial charge in [-0.15, -0.1) is 11.3 Å². The highest BCUT2D eigenvalue weighted by Gasteiger charge is 2.32. The predicted molar refractivity (Wildman–Crippen MR) is 122 cm³/mol. The Morgan fingerprint density at radius 1 is 1.09 bits per heavy atom. The Morgan fingerprint density at radius 3 is 2.56 bits per heavy atom. The lowest BCUT2D eigenvalue weighted by molar-refractivity contribution is -0.124. The van der Waals surface area contributed by atoms with Crippen LogP contribution in [-0.2, 0) is 32.4 Å². The van der Waals surface area contributed by atoms with Crippen LogP contribution in [0.2, 0.25) is 0 Å². The van der Waals surface area contributed by atoms with Gasteiger partial charge in [0, 0.05) is 13.1 Å². The fourth-order valence-corrected chi connectivity index (χ4v) is 7.10. The molecule has 1 saturated heterocycles. The number of nitrogens with one attached hydrogen (secondary N) is 1. The van der Waals surface area contributed by atoms with Crippen molar-refractivity contribution in [2.24, 2.45) is 0 Å². The van der Waals surface area contributed by atoms with Crippen molar-refractivity contribution < 1.29 is 22.7 Å². The second-order valence-electron chi connectivity index (χ2n) is 8.33. The fourth-order valence-electron chi connectivity index (χ4n) is 4.30. The summed E-state index contributed by atoms with van der Waals surface area (Å²) in [5, 5.41) is 4.41. The van der Waals surface area contributed by atoms with Crippen molar-refractivity contribution in [2.75, 3.05) is 19.7 Å². The Morgan fingerprint density at radius 2 is 1.81 bits per heavy atom. The van der Waals surface area contributed by atoms with E-state index in [0.29, 0.717) is 13.1 Å². The molecule has 1 aliphatic heterocycles. The number of hydrogen-bond donors (Lipinski definition) is 1. The van der Waals surface area contributed by atoms with Gasteiger partial charge in [-0.05, 0) is 73.6 Å². The largest absolute Gasteiger partial charge is 0.451 e. The fraction of sp³-hybridized carbons (Fsp3) is 0.478. The molecule has 0 bridgehead atoms. The third-order valence-electron chi connectivity index (χ3n) is 6.08. The van der Waals surface area contributed by atoms with E-state index >= 15 is 0 Å². The molecule has 1 aromatic heterocycles. The second kappa shape index (κ2) is 9.72. The molecule has 1 unspecified atom stereocenters. The zero-order valence-electron chi connectivity index (χ0n) is 18.1. The highest BCUT2D eigenvalue weighted by atomic mass is 32.2. The molecule has 1 atom stereocenters. The van der Waals surface area contributed by atoms with E-state index in [4.69, 9.17) is 4.74 Å². The van der Waals surface area contributed by atoms with Crippen LogP contribution < -0.4 is 5.32 Å². The maximum atomic E-state index is 12.8. The van der Waals surface area contributed by atoms with Gasteiger partial charge in [0.25, 0.3) is 5.91 Å². The minimum atomic E-state index is -3.73. The molecule has 0 spiro atoms. The van der Waals surface area contributed by atoms with E-state index in [0.717, 1.165) is 42.6 Å². The molecule has 172 valence electrons. The van der Waals surface area contributed by atoms with E-state index in [1.165, 1.54) is 34.3 Å². The van der Waals surface area contributed by atoms with E-state index in [-0.39, 0.29) is 15.8 Å². The molecule has 0 saturated carbocycles. The number of carbonyl (C=O) groups is 2. The number of aryl methyl sites for hydroxylation is 2. The maximum absolute atomic E-state index is 12.8. The molecular weight excluding hydrogens is 448 g/mol. The van der Waals surface area contributed by atoms with E-state index in [1.807, 2.05) is 13.0 Å². The van der Waals surface area contributed by atoms with Crippen molar-refractivity contribution in [3.63, 3.8) is 0 Å². The lowest BCUT2D eigenvalue weighted by atomic mass is 9.89. The monoisotopic (exact) mass is 476 g/mol. The molecule has 1 aromatic carbocycles. The van der Waals surface area contributed by atoms with Gasteiger partial charge in [0.1, 0.15) is 9.77 Å². The summed E-state index contributed by atoms with van der Waals surface area (Å²) in [6.07, 6.45) is 6.19. The maximum Gasteiger partial charge on any atom is 0.350 e. The number of thiophene rings is 1. The van der Waals surface area contributed by atoms with Crippen LogP contribution in [0.15, 0.2) is 34.5 Å². The molecule has 1 fully saturated rings. The lowest BCUT2D eigenvalue weighted by Gasteiger charge is -2.20. The summed E-state index contributed by atoms with van der Waals surface area (Å²) in [7, 11) is -3.73. The van der Waals surface area contributed by atoms with Crippen molar-refractivity contribution in [2.45, 2.75) is 56.4 Å². The number of carbonyl (C=O) groups excluding carboxylic acids is 2. The number of esters is 1. The average molecular weight is 477 g/mol. The molecule has 32 heavy (non-hydrogen) atoms. The smallest absolute Gasteiger partial charge is 0.350 e. The minimum Gasteiger partial charge on any atom is -0.451 e. The average Bonchev–Trinajstić information content (AvgIpc) is 3.50. The van der Waals surface area contributed by atoms with Gasteiger partial charge >= 0.3 is 5.97 Å². The highest BCUT2D eigenvalue weighted by Crippen LogP contribution is 2.28. The summed E-state index contributed by atoms with van der Waals surface area (Å²) in [4.78, 5) is 24.9.